The Balaban J connectivity index is 1.31. The molecule has 3 heterocycles. The van der Waals surface area contributed by atoms with Gasteiger partial charge < -0.3 is 19.5 Å². The van der Waals surface area contributed by atoms with Crippen molar-refractivity contribution in [2.24, 2.45) is 5.10 Å². The molecule has 5 aromatic rings. The Bertz CT molecular complexity index is 1770. The third kappa shape index (κ3) is 5.10. The zero-order valence-electron chi connectivity index (χ0n) is 20.8. The van der Waals surface area contributed by atoms with E-state index in [0.29, 0.717) is 16.9 Å². The molecule has 0 bridgehead atoms. The van der Waals surface area contributed by atoms with Gasteiger partial charge in [0.2, 0.25) is 0 Å². The second-order valence-corrected chi connectivity index (χ2v) is 8.21. The number of aromatic nitrogens is 4. The van der Waals surface area contributed by atoms with Crippen molar-refractivity contribution in [1.29, 1.82) is 0 Å². The number of imidazole rings is 1. The summed E-state index contributed by atoms with van der Waals surface area (Å²) in [5.41, 5.74) is 9.57. The van der Waals surface area contributed by atoms with Crippen molar-refractivity contribution in [2.75, 3.05) is 12.3 Å². The number of rotatable bonds is 9. The first-order valence-electron chi connectivity index (χ1n) is 11.8. The fourth-order valence-electron chi connectivity index (χ4n) is 3.91. The highest BCUT2D eigenvalue weighted by Crippen LogP contribution is 2.32. The first-order valence-corrected chi connectivity index (χ1v) is 11.8. The van der Waals surface area contributed by atoms with E-state index in [0.717, 1.165) is 6.07 Å². The van der Waals surface area contributed by atoms with Crippen LogP contribution in [0, 0.1) is 10.1 Å². The van der Waals surface area contributed by atoms with E-state index < -0.39 is 16.8 Å². The maximum atomic E-state index is 12.7. The monoisotopic (exact) mass is 544 g/mol. The van der Waals surface area contributed by atoms with Gasteiger partial charge in [-0.15, -0.1) is 0 Å². The second kappa shape index (κ2) is 10.9. The Kier molecular flexibility index (Phi) is 7.00. The van der Waals surface area contributed by atoms with E-state index in [-0.39, 0.29) is 53.0 Å². The van der Waals surface area contributed by atoms with Crippen molar-refractivity contribution in [3.05, 3.63) is 76.0 Å². The predicted molar refractivity (Wildman–Crippen MR) is 140 cm³/mol. The number of carbonyl (C=O) groups is 2. The van der Waals surface area contributed by atoms with Crippen LogP contribution in [-0.4, -0.2) is 49.5 Å². The summed E-state index contributed by atoms with van der Waals surface area (Å²) in [5.74, 6) is -0.452. The fraction of sp³-hybridized carbons (Fsp3) is 0.120. The molecule has 15 heteroatoms. The summed E-state index contributed by atoms with van der Waals surface area (Å²) in [7, 11) is 0. The number of anilines is 1. The van der Waals surface area contributed by atoms with E-state index in [2.05, 4.69) is 30.5 Å². The third-order valence-electron chi connectivity index (χ3n) is 5.66. The average Bonchev–Trinajstić information content (AvgIpc) is 3.67. The minimum atomic E-state index is -0.669. The molecule has 0 fully saturated rings. The highest BCUT2D eigenvalue weighted by Gasteiger charge is 2.22. The number of nitrogens with two attached hydrogens (primary N) is 1. The number of para-hydroxylation sites is 2. The van der Waals surface area contributed by atoms with Gasteiger partial charge in [0, 0.05) is 6.07 Å². The first-order chi connectivity index (χ1) is 19.4. The first kappa shape index (κ1) is 25.8. The molecule has 0 spiro atoms. The number of hydrazone groups is 1. The van der Waals surface area contributed by atoms with Crippen molar-refractivity contribution in [3.63, 3.8) is 0 Å². The molecular formula is C25H20N8O7. The standard InChI is InChI=1S/C25H20N8O7/c1-2-38-25(35)14-7-9-16(19(11-14)33(36)37)20-10-8-15(39-20)12-27-29-21(34)13-32-18-6-4-3-5-17(18)28-24(32)22-23(26)31-40-30-22/h3-12H,2,13H2,1H3,(H2,26,31)(H,29,34)/b27-12-. The van der Waals surface area contributed by atoms with Crippen LogP contribution in [0.4, 0.5) is 11.5 Å². The number of nitro benzene ring substituents is 1. The molecule has 0 atom stereocenters. The summed E-state index contributed by atoms with van der Waals surface area (Å²) in [6.07, 6.45) is 1.24. The molecule has 0 radical (unpaired) electrons. The number of furan rings is 1. The van der Waals surface area contributed by atoms with Crippen LogP contribution in [0.5, 0.6) is 0 Å². The van der Waals surface area contributed by atoms with Crippen LogP contribution in [0.15, 0.2) is 68.7 Å². The Hall–Kier alpha value is -5.86. The highest BCUT2D eigenvalue weighted by atomic mass is 16.6. The number of hydrogen-bond acceptors (Lipinski definition) is 12. The topological polar surface area (TPSA) is 207 Å². The van der Waals surface area contributed by atoms with Crippen LogP contribution >= 0.6 is 0 Å². The van der Waals surface area contributed by atoms with Crippen molar-refractivity contribution < 1.29 is 28.3 Å². The summed E-state index contributed by atoms with van der Waals surface area (Å²) in [5, 5.41) is 22.9. The predicted octanol–water partition coefficient (Wildman–Crippen LogP) is 3.16. The highest BCUT2D eigenvalue weighted by molar-refractivity contribution is 5.92. The number of nitro groups is 1. The van der Waals surface area contributed by atoms with Crippen LogP contribution in [-0.2, 0) is 16.1 Å². The van der Waals surface area contributed by atoms with Crippen LogP contribution < -0.4 is 11.2 Å². The molecule has 3 aromatic heterocycles. The summed E-state index contributed by atoms with van der Waals surface area (Å²) in [6.45, 7) is 1.60. The van der Waals surface area contributed by atoms with Gasteiger partial charge in [-0.05, 0) is 53.6 Å². The summed E-state index contributed by atoms with van der Waals surface area (Å²) >= 11 is 0. The Morgan fingerprint density at radius 2 is 2.02 bits per heavy atom. The SMILES string of the molecule is CCOC(=O)c1ccc(-c2ccc(/C=N\NC(=O)Cn3c(-c4nonc4N)nc4ccccc43)o2)c([N+](=O)[O-])c1. The lowest BCUT2D eigenvalue weighted by Crippen LogP contribution is -2.23. The largest absolute Gasteiger partial charge is 0.462 e. The van der Waals surface area contributed by atoms with E-state index >= 15 is 0 Å². The number of amides is 1. The number of benzene rings is 2. The van der Waals surface area contributed by atoms with Crippen molar-refractivity contribution >= 4 is 40.6 Å². The Morgan fingerprint density at radius 1 is 1.20 bits per heavy atom. The van der Waals surface area contributed by atoms with Gasteiger partial charge in [-0.1, -0.05) is 12.1 Å². The number of ether oxygens (including phenoxy) is 1. The Morgan fingerprint density at radius 3 is 2.77 bits per heavy atom. The molecule has 5 rings (SSSR count). The zero-order valence-corrected chi connectivity index (χ0v) is 20.8. The van der Waals surface area contributed by atoms with Gasteiger partial charge in [0.15, 0.2) is 17.3 Å². The van der Waals surface area contributed by atoms with E-state index in [4.69, 9.17) is 14.9 Å². The average molecular weight is 544 g/mol. The van der Waals surface area contributed by atoms with E-state index in [9.17, 15) is 19.7 Å². The van der Waals surface area contributed by atoms with E-state index in [1.54, 1.807) is 35.8 Å². The molecule has 0 unspecified atom stereocenters. The van der Waals surface area contributed by atoms with Gasteiger partial charge in [0.25, 0.3) is 11.6 Å². The second-order valence-electron chi connectivity index (χ2n) is 8.21. The maximum absolute atomic E-state index is 12.7. The summed E-state index contributed by atoms with van der Waals surface area (Å²) in [4.78, 5) is 40.2. The lowest BCUT2D eigenvalue weighted by Gasteiger charge is -2.06. The smallest absolute Gasteiger partial charge is 0.338 e. The minimum Gasteiger partial charge on any atom is -0.462 e. The molecule has 1 amide bonds. The fourth-order valence-corrected chi connectivity index (χ4v) is 3.91. The molecule has 15 nitrogen and oxygen atoms in total. The van der Waals surface area contributed by atoms with Crippen molar-refractivity contribution in [2.45, 2.75) is 13.5 Å². The maximum Gasteiger partial charge on any atom is 0.338 e. The molecular weight excluding hydrogens is 524 g/mol. The number of hydrogen-bond donors (Lipinski definition) is 2. The molecule has 202 valence electrons. The number of fused-ring (bicyclic) bond motifs is 1. The number of nitrogen functional groups attached to an aromatic ring is 1. The number of esters is 1. The summed E-state index contributed by atoms with van der Waals surface area (Å²) < 4.78 is 16.8. The number of nitrogens with zero attached hydrogens (tertiary/aromatic N) is 6. The Labute approximate surface area is 224 Å². The normalized spacial score (nSPS) is 11.2. The minimum absolute atomic E-state index is 0.0272. The lowest BCUT2D eigenvalue weighted by atomic mass is 10.1. The molecule has 0 saturated carbocycles. The van der Waals surface area contributed by atoms with Gasteiger partial charge in [0.1, 0.15) is 18.1 Å². The zero-order chi connectivity index (χ0) is 28.2. The lowest BCUT2D eigenvalue weighted by molar-refractivity contribution is -0.384. The molecule has 3 N–H and O–H groups in total. The van der Waals surface area contributed by atoms with E-state index in [1.165, 1.54) is 30.5 Å². The van der Waals surface area contributed by atoms with Crippen LogP contribution in [0.25, 0.3) is 33.9 Å². The van der Waals surface area contributed by atoms with E-state index in [1.807, 2.05) is 0 Å². The van der Waals surface area contributed by atoms with Gasteiger partial charge in [-0.2, -0.15) is 5.10 Å². The molecule has 0 saturated heterocycles. The quantitative estimate of drug-likeness (QED) is 0.119. The molecule has 0 aliphatic rings. The van der Waals surface area contributed by atoms with Crippen molar-refractivity contribution in [1.82, 2.24) is 25.3 Å². The molecule has 2 aromatic carbocycles. The van der Waals surface area contributed by atoms with Crippen molar-refractivity contribution in [3.8, 4) is 22.8 Å². The van der Waals surface area contributed by atoms with Gasteiger partial charge in [-0.25, -0.2) is 19.8 Å². The third-order valence-corrected chi connectivity index (χ3v) is 5.66. The van der Waals surface area contributed by atoms with Crippen LogP contribution in [0.3, 0.4) is 0 Å². The molecule has 40 heavy (non-hydrogen) atoms. The van der Waals surface area contributed by atoms with Crippen LogP contribution in [0.2, 0.25) is 0 Å². The van der Waals surface area contributed by atoms with Crippen LogP contribution in [0.1, 0.15) is 23.0 Å². The molecule has 0 aliphatic heterocycles. The van der Waals surface area contributed by atoms with Gasteiger partial charge in [0.05, 0.1) is 39.9 Å². The number of carbonyl (C=O) groups excluding carboxylic acids is 2. The molecule has 0 aliphatic carbocycles. The van der Waals surface area contributed by atoms with Gasteiger partial charge in [-0.3, -0.25) is 14.9 Å². The summed E-state index contributed by atoms with van der Waals surface area (Å²) in [6, 6.07) is 14.1. The van der Waals surface area contributed by atoms with Gasteiger partial charge >= 0.3 is 5.97 Å². The number of nitrogens with one attached hydrogen (secondary N) is 1.